The normalized spacial score (nSPS) is 11.2. The molecule has 1 aromatic rings. The maximum Gasteiger partial charge on any atom is 0.0624 e. The molecule has 94 valence electrons. The van der Waals surface area contributed by atoms with Gasteiger partial charge in [0.05, 0.1) is 11.6 Å². The summed E-state index contributed by atoms with van der Waals surface area (Å²) in [5.41, 5.74) is 1.12. The molecule has 0 atom stereocenters. The van der Waals surface area contributed by atoms with Gasteiger partial charge in [-0.2, -0.15) is 0 Å². The summed E-state index contributed by atoms with van der Waals surface area (Å²) in [4.78, 5) is 3.95. The van der Waals surface area contributed by atoms with E-state index in [1.165, 1.54) is 0 Å². The highest BCUT2D eigenvalue weighted by molar-refractivity contribution is 6.31. The Labute approximate surface area is 108 Å². The summed E-state index contributed by atoms with van der Waals surface area (Å²) < 4.78 is 4.94. The lowest BCUT2D eigenvalue weighted by molar-refractivity contribution is 0.199. The van der Waals surface area contributed by atoms with Gasteiger partial charge in [-0.25, -0.2) is 0 Å². The van der Waals surface area contributed by atoms with Crippen LogP contribution < -0.4 is 5.32 Å². The molecule has 0 spiro atoms. The first kappa shape index (κ1) is 14.2. The summed E-state index contributed by atoms with van der Waals surface area (Å²) in [6, 6.07) is 1.95. The van der Waals surface area contributed by atoms with Crippen molar-refractivity contribution in [3.63, 3.8) is 0 Å². The zero-order valence-corrected chi connectivity index (χ0v) is 10.9. The Kier molecular flexibility index (Phi) is 7.63. The van der Waals surface area contributed by atoms with Crippen molar-refractivity contribution < 1.29 is 4.74 Å². The van der Waals surface area contributed by atoms with Crippen LogP contribution in [0, 0.1) is 0 Å². The molecule has 0 aliphatic rings. The number of ether oxygens (including phenoxy) is 1. The molecule has 0 aliphatic carbocycles. The molecule has 0 aromatic carbocycles. The molecule has 0 radical (unpaired) electrons. The van der Waals surface area contributed by atoms with Crippen LogP contribution in [0.4, 0.5) is 0 Å². The predicted molar refractivity (Wildman–Crippen MR) is 71.5 cm³/mol. The van der Waals surface area contributed by atoms with Gasteiger partial charge in [-0.3, -0.25) is 4.98 Å². The highest BCUT2D eigenvalue weighted by atomic mass is 35.5. The lowest BCUT2D eigenvalue weighted by atomic mass is 10.2. The molecule has 0 saturated carbocycles. The molecule has 0 amide bonds. The summed E-state index contributed by atoms with van der Waals surface area (Å²) in [6.07, 6.45) is 9.63. The number of halogens is 1. The molecule has 17 heavy (non-hydrogen) atoms. The van der Waals surface area contributed by atoms with Gasteiger partial charge >= 0.3 is 0 Å². The number of aromatic nitrogens is 1. The van der Waals surface area contributed by atoms with Crippen molar-refractivity contribution in [2.75, 3.05) is 26.8 Å². The minimum Gasteiger partial charge on any atom is -0.383 e. The Morgan fingerprint density at radius 3 is 3.06 bits per heavy atom. The van der Waals surface area contributed by atoms with Crippen molar-refractivity contribution in [3.8, 4) is 0 Å². The van der Waals surface area contributed by atoms with Gasteiger partial charge in [-0.15, -0.1) is 0 Å². The average Bonchev–Trinajstić information content (AvgIpc) is 2.35. The molecular formula is C13H19ClN2O. The highest BCUT2D eigenvalue weighted by Crippen LogP contribution is 2.13. The Morgan fingerprint density at radius 2 is 2.29 bits per heavy atom. The zero-order valence-electron chi connectivity index (χ0n) is 10.2. The Bertz CT molecular complexity index is 342. The Balaban J connectivity index is 2.12. The summed E-state index contributed by atoms with van der Waals surface area (Å²) >= 11 is 6.00. The van der Waals surface area contributed by atoms with E-state index in [4.69, 9.17) is 16.3 Å². The number of pyridine rings is 1. The zero-order chi connectivity index (χ0) is 12.3. The molecule has 0 bridgehead atoms. The quantitative estimate of drug-likeness (QED) is 0.572. The van der Waals surface area contributed by atoms with Crippen LogP contribution in [0.2, 0.25) is 5.02 Å². The molecule has 1 heterocycles. The number of nitrogens with one attached hydrogen (secondary N) is 1. The first-order valence-corrected chi connectivity index (χ1v) is 6.15. The van der Waals surface area contributed by atoms with Crippen LogP contribution in [-0.2, 0) is 11.2 Å². The van der Waals surface area contributed by atoms with Crippen LogP contribution in [0.15, 0.2) is 30.6 Å². The largest absolute Gasteiger partial charge is 0.383 e. The van der Waals surface area contributed by atoms with E-state index < -0.39 is 0 Å². The third-order valence-corrected chi connectivity index (χ3v) is 2.67. The smallest absolute Gasteiger partial charge is 0.0624 e. The van der Waals surface area contributed by atoms with Crippen molar-refractivity contribution in [3.05, 3.63) is 41.2 Å². The van der Waals surface area contributed by atoms with Gasteiger partial charge in [0.1, 0.15) is 0 Å². The SMILES string of the molecule is COCCNCCC=CCc1ccncc1Cl. The number of rotatable bonds is 8. The molecule has 0 aliphatic heterocycles. The molecule has 4 heteroatoms. The van der Waals surface area contributed by atoms with Crippen LogP contribution in [0.3, 0.4) is 0 Å². The van der Waals surface area contributed by atoms with Crippen LogP contribution in [-0.4, -0.2) is 31.8 Å². The topological polar surface area (TPSA) is 34.1 Å². The number of methoxy groups -OCH3 is 1. The maximum atomic E-state index is 6.00. The standard InChI is InChI=1S/C13H19ClN2O/c1-17-10-9-15-7-4-2-3-5-12-6-8-16-11-13(12)14/h2-3,6,8,11,15H,4-5,7,9-10H2,1H3. The number of hydrogen-bond acceptors (Lipinski definition) is 3. The second kappa shape index (κ2) is 9.16. The van der Waals surface area contributed by atoms with Crippen molar-refractivity contribution in [1.82, 2.24) is 10.3 Å². The van der Waals surface area contributed by atoms with Crippen LogP contribution in [0.5, 0.6) is 0 Å². The predicted octanol–water partition coefficient (Wildman–Crippen LogP) is 2.46. The van der Waals surface area contributed by atoms with Gasteiger partial charge in [0.25, 0.3) is 0 Å². The molecule has 0 fully saturated rings. The fraction of sp³-hybridized carbons (Fsp3) is 0.462. The summed E-state index contributed by atoms with van der Waals surface area (Å²) in [5, 5.41) is 4.02. The van der Waals surface area contributed by atoms with E-state index in [1.807, 2.05) is 6.07 Å². The lowest BCUT2D eigenvalue weighted by Gasteiger charge is -2.01. The lowest BCUT2D eigenvalue weighted by Crippen LogP contribution is -2.19. The summed E-state index contributed by atoms with van der Waals surface area (Å²) in [7, 11) is 1.71. The monoisotopic (exact) mass is 254 g/mol. The van der Waals surface area contributed by atoms with Gasteiger partial charge in [0.2, 0.25) is 0 Å². The van der Waals surface area contributed by atoms with Crippen LogP contribution >= 0.6 is 11.6 Å². The van der Waals surface area contributed by atoms with Gasteiger partial charge in [-0.05, 0) is 31.0 Å². The van der Waals surface area contributed by atoms with E-state index in [0.29, 0.717) is 0 Å². The Hall–Kier alpha value is -0.900. The molecule has 0 unspecified atom stereocenters. The van der Waals surface area contributed by atoms with E-state index in [9.17, 15) is 0 Å². The molecular weight excluding hydrogens is 236 g/mol. The minimum absolute atomic E-state index is 0.732. The van der Waals surface area contributed by atoms with Gasteiger partial charge < -0.3 is 10.1 Å². The fourth-order valence-corrected chi connectivity index (χ4v) is 1.58. The first-order chi connectivity index (χ1) is 8.34. The molecule has 1 aromatic heterocycles. The second-order valence-corrected chi connectivity index (χ2v) is 4.08. The van der Waals surface area contributed by atoms with Gasteiger partial charge in [-0.1, -0.05) is 23.8 Å². The van der Waals surface area contributed by atoms with Gasteiger partial charge in [0, 0.05) is 26.0 Å². The van der Waals surface area contributed by atoms with Gasteiger partial charge in [0.15, 0.2) is 0 Å². The van der Waals surface area contributed by atoms with E-state index in [2.05, 4.69) is 22.5 Å². The van der Waals surface area contributed by atoms with Crippen LogP contribution in [0.1, 0.15) is 12.0 Å². The molecule has 3 nitrogen and oxygen atoms in total. The van der Waals surface area contributed by atoms with E-state index >= 15 is 0 Å². The highest BCUT2D eigenvalue weighted by Gasteiger charge is 1.95. The third kappa shape index (κ3) is 6.41. The van der Waals surface area contributed by atoms with Crippen molar-refractivity contribution in [2.24, 2.45) is 0 Å². The van der Waals surface area contributed by atoms with Crippen molar-refractivity contribution in [2.45, 2.75) is 12.8 Å². The van der Waals surface area contributed by atoms with Crippen molar-refractivity contribution >= 4 is 11.6 Å². The Morgan fingerprint density at radius 1 is 1.41 bits per heavy atom. The second-order valence-electron chi connectivity index (χ2n) is 3.67. The van der Waals surface area contributed by atoms with Crippen LogP contribution in [0.25, 0.3) is 0 Å². The number of nitrogens with zero attached hydrogens (tertiary/aromatic N) is 1. The average molecular weight is 255 g/mol. The summed E-state index contributed by atoms with van der Waals surface area (Å²) in [6.45, 7) is 2.64. The van der Waals surface area contributed by atoms with E-state index in [0.717, 1.165) is 43.1 Å². The summed E-state index contributed by atoms with van der Waals surface area (Å²) in [5.74, 6) is 0. The minimum atomic E-state index is 0.732. The van der Waals surface area contributed by atoms with E-state index in [1.54, 1.807) is 19.5 Å². The molecule has 1 rings (SSSR count). The third-order valence-electron chi connectivity index (χ3n) is 2.33. The number of hydrogen-bond donors (Lipinski definition) is 1. The first-order valence-electron chi connectivity index (χ1n) is 5.77. The number of allylic oxidation sites excluding steroid dienone is 1. The van der Waals surface area contributed by atoms with Crippen molar-refractivity contribution in [1.29, 1.82) is 0 Å². The molecule has 1 N–H and O–H groups in total. The van der Waals surface area contributed by atoms with E-state index in [-0.39, 0.29) is 0 Å². The maximum absolute atomic E-state index is 6.00. The molecule has 0 saturated heterocycles. The fourth-order valence-electron chi connectivity index (χ4n) is 1.38.